The Hall–Kier alpha value is -1.69. The fourth-order valence-electron chi connectivity index (χ4n) is 4.35. The average Bonchev–Trinajstić information content (AvgIpc) is 3.20. The van der Waals surface area contributed by atoms with Gasteiger partial charge in [0.1, 0.15) is 12.8 Å². The molecule has 37 heavy (non-hydrogen) atoms. The molecule has 2 aromatic rings. The maximum absolute atomic E-state index is 13.6. The number of aromatic nitrogens is 2. The molecule has 0 saturated carbocycles. The Balaban J connectivity index is 1.87. The summed E-state index contributed by atoms with van der Waals surface area (Å²) in [5.74, 6) is 0. The first-order valence-corrected chi connectivity index (χ1v) is 17.7. The third kappa shape index (κ3) is 7.04. The second-order valence-corrected chi connectivity index (χ2v) is 20.4. The summed E-state index contributed by atoms with van der Waals surface area (Å²) in [5, 5.41) is 4.74. The lowest BCUT2D eigenvalue weighted by atomic mass is 9.90. The van der Waals surface area contributed by atoms with Crippen molar-refractivity contribution in [1.29, 1.82) is 0 Å². The van der Waals surface area contributed by atoms with Crippen LogP contribution in [0.2, 0.25) is 25.7 Å². The van der Waals surface area contributed by atoms with Gasteiger partial charge in [-0.3, -0.25) is 0 Å². The minimum atomic E-state index is -4.63. The van der Waals surface area contributed by atoms with Crippen molar-refractivity contribution >= 4 is 17.9 Å². The number of benzene rings is 1. The largest absolute Gasteiger partial charge is 0.416 e. The van der Waals surface area contributed by atoms with Gasteiger partial charge in [0.15, 0.2) is 9.84 Å². The molecule has 1 aliphatic heterocycles. The van der Waals surface area contributed by atoms with Crippen molar-refractivity contribution in [2.45, 2.75) is 100 Å². The van der Waals surface area contributed by atoms with Crippen LogP contribution in [0.15, 0.2) is 35.2 Å². The van der Waals surface area contributed by atoms with Crippen LogP contribution in [-0.4, -0.2) is 44.2 Å². The lowest BCUT2D eigenvalue weighted by molar-refractivity contribution is -0.137. The first-order chi connectivity index (χ1) is 16.8. The number of nitrogens with zero attached hydrogens (tertiary/aromatic N) is 2. The van der Waals surface area contributed by atoms with Crippen LogP contribution in [0.4, 0.5) is 13.2 Å². The maximum atomic E-state index is 13.6. The summed E-state index contributed by atoms with van der Waals surface area (Å²) in [5.41, 5.74) is 0.314. The Morgan fingerprint density at radius 3 is 2.46 bits per heavy atom. The van der Waals surface area contributed by atoms with Gasteiger partial charge in [-0.2, -0.15) is 18.3 Å². The average molecular weight is 561 g/mol. The Labute approximate surface area is 219 Å². The van der Waals surface area contributed by atoms with Crippen LogP contribution in [0.1, 0.15) is 63.6 Å². The van der Waals surface area contributed by atoms with E-state index >= 15 is 0 Å². The predicted octanol–water partition coefficient (Wildman–Crippen LogP) is 6.60. The van der Waals surface area contributed by atoms with Gasteiger partial charge in [-0.05, 0) is 50.1 Å². The van der Waals surface area contributed by atoms with Crippen molar-refractivity contribution in [3.63, 3.8) is 0 Å². The summed E-state index contributed by atoms with van der Waals surface area (Å²) in [4.78, 5) is -0.331. The molecular formula is C26H39F3N2O4SSi. The van der Waals surface area contributed by atoms with E-state index in [0.29, 0.717) is 12.3 Å². The normalized spacial score (nSPS) is 21.8. The van der Waals surface area contributed by atoms with Gasteiger partial charge < -0.3 is 9.47 Å². The number of alkyl halides is 3. The lowest BCUT2D eigenvalue weighted by Crippen LogP contribution is -2.42. The highest BCUT2D eigenvalue weighted by Crippen LogP contribution is 2.43. The number of halogens is 3. The van der Waals surface area contributed by atoms with Crippen molar-refractivity contribution in [3.8, 4) is 0 Å². The SMILES string of the molecule is CC(C)(C)c1cc(C2CC(C)(S(=O)(=O)c3cccc(C(F)(F)F)c3)CCO2)nn1COCC[Si](C)(C)C. The molecule has 2 atom stereocenters. The Bertz CT molecular complexity index is 1200. The van der Waals surface area contributed by atoms with E-state index in [1.807, 2.05) is 6.07 Å². The summed E-state index contributed by atoms with van der Waals surface area (Å²) in [6.07, 6.45) is -4.97. The van der Waals surface area contributed by atoms with Gasteiger partial charge in [0, 0.05) is 32.4 Å². The van der Waals surface area contributed by atoms with Crippen LogP contribution in [0.3, 0.4) is 0 Å². The molecule has 0 N–H and O–H groups in total. The standard InChI is InChI=1S/C26H39F3N2O4SSi/c1-24(2,3)23-16-21(30-31(23)18-34-13-14-37(5,6)7)22-17-25(4,11-12-35-22)36(32,33)20-10-8-9-19(15-20)26(27,28)29/h8-10,15-16,22H,11-14,17-18H2,1-7H3. The third-order valence-electron chi connectivity index (χ3n) is 6.79. The summed E-state index contributed by atoms with van der Waals surface area (Å²) < 4.78 is 79.3. The second kappa shape index (κ2) is 10.5. The van der Waals surface area contributed by atoms with E-state index in [1.54, 1.807) is 11.6 Å². The highest BCUT2D eigenvalue weighted by atomic mass is 32.2. The summed E-state index contributed by atoms with van der Waals surface area (Å²) in [7, 11) is -5.32. The van der Waals surface area contributed by atoms with Crippen LogP contribution < -0.4 is 0 Å². The van der Waals surface area contributed by atoms with Crippen LogP contribution in [0.5, 0.6) is 0 Å². The molecule has 1 aromatic heterocycles. The van der Waals surface area contributed by atoms with Crippen molar-refractivity contribution in [3.05, 3.63) is 47.3 Å². The zero-order valence-corrected chi connectivity index (χ0v) is 24.6. The minimum Gasteiger partial charge on any atom is -0.372 e. The first kappa shape index (κ1) is 29.9. The fraction of sp³-hybridized carbons (Fsp3) is 0.654. The van der Waals surface area contributed by atoms with Crippen LogP contribution in [0.25, 0.3) is 0 Å². The quantitative estimate of drug-likeness (QED) is 0.269. The number of hydrogen-bond acceptors (Lipinski definition) is 5. The van der Waals surface area contributed by atoms with Gasteiger partial charge in [0.05, 0.1) is 20.9 Å². The minimum absolute atomic E-state index is 0.0860. The molecule has 2 heterocycles. The van der Waals surface area contributed by atoms with Gasteiger partial charge in [0.25, 0.3) is 0 Å². The highest BCUT2D eigenvalue weighted by molar-refractivity contribution is 7.92. The van der Waals surface area contributed by atoms with E-state index in [9.17, 15) is 21.6 Å². The maximum Gasteiger partial charge on any atom is 0.416 e. The monoisotopic (exact) mass is 560 g/mol. The van der Waals surface area contributed by atoms with Crippen LogP contribution in [0, 0.1) is 0 Å². The zero-order valence-electron chi connectivity index (χ0n) is 22.8. The molecule has 1 aliphatic rings. The van der Waals surface area contributed by atoms with E-state index < -0.39 is 40.5 Å². The topological polar surface area (TPSA) is 70.4 Å². The van der Waals surface area contributed by atoms with E-state index in [1.165, 1.54) is 6.07 Å². The molecule has 1 fully saturated rings. The summed E-state index contributed by atoms with van der Waals surface area (Å²) >= 11 is 0. The smallest absolute Gasteiger partial charge is 0.372 e. The molecule has 1 saturated heterocycles. The molecule has 2 unspecified atom stereocenters. The van der Waals surface area contributed by atoms with E-state index in [2.05, 4.69) is 40.4 Å². The molecule has 0 spiro atoms. The summed E-state index contributed by atoms with van der Waals surface area (Å²) in [6.45, 7) is 15.7. The van der Waals surface area contributed by atoms with Crippen LogP contribution >= 0.6 is 0 Å². The summed E-state index contributed by atoms with van der Waals surface area (Å²) in [6, 6.07) is 6.91. The fourth-order valence-corrected chi connectivity index (χ4v) is 6.94. The Kier molecular flexibility index (Phi) is 8.44. The van der Waals surface area contributed by atoms with E-state index in [4.69, 9.17) is 14.6 Å². The molecule has 0 radical (unpaired) electrons. The lowest BCUT2D eigenvalue weighted by Gasteiger charge is -2.37. The van der Waals surface area contributed by atoms with Crippen molar-refractivity contribution in [1.82, 2.24) is 9.78 Å². The van der Waals surface area contributed by atoms with Crippen molar-refractivity contribution in [2.75, 3.05) is 13.2 Å². The molecule has 0 bridgehead atoms. The van der Waals surface area contributed by atoms with Gasteiger partial charge >= 0.3 is 6.18 Å². The number of rotatable bonds is 8. The number of ether oxygens (including phenoxy) is 2. The van der Waals surface area contributed by atoms with Gasteiger partial charge in [-0.25, -0.2) is 13.1 Å². The molecule has 0 aliphatic carbocycles. The molecule has 6 nitrogen and oxygen atoms in total. The van der Waals surface area contributed by atoms with Gasteiger partial charge in [-0.15, -0.1) is 0 Å². The molecule has 0 amide bonds. The van der Waals surface area contributed by atoms with Crippen molar-refractivity contribution < 1.29 is 31.1 Å². The predicted molar refractivity (Wildman–Crippen MR) is 140 cm³/mol. The molecule has 1 aromatic carbocycles. The van der Waals surface area contributed by atoms with E-state index in [-0.39, 0.29) is 36.5 Å². The zero-order chi connectivity index (χ0) is 27.9. The molecular weight excluding hydrogens is 521 g/mol. The Morgan fingerprint density at radius 1 is 1.19 bits per heavy atom. The van der Waals surface area contributed by atoms with Crippen molar-refractivity contribution in [2.24, 2.45) is 0 Å². The molecule has 11 heteroatoms. The van der Waals surface area contributed by atoms with Crippen LogP contribution in [-0.2, 0) is 37.6 Å². The third-order valence-corrected chi connectivity index (χ3v) is 11.0. The second-order valence-electron chi connectivity index (χ2n) is 12.3. The van der Waals surface area contributed by atoms with Gasteiger partial charge in [0.2, 0.25) is 0 Å². The molecule has 3 rings (SSSR count). The highest BCUT2D eigenvalue weighted by Gasteiger charge is 2.46. The molecule has 208 valence electrons. The van der Waals surface area contributed by atoms with Gasteiger partial charge in [-0.1, -0.05) is 46.5 Å². The first-order valence-electron chi connectivity index (χ1n) is 12.5. The number of sulfone groups is 1. The van der Waals surface area contributed by atoms with E-state index in [0.717, 1.165) is 29.9 Å². The Morgan fingerprint density at radius 2 is 1.86 bits per heavy atom. The number of hydrogen-bond donors (Lipinski definition) is 0.